The van der Waals surface area contributed by atoms with Crippen LogP contribution in [0.25, 0.3) is 22.2 Å². The number of aromatic nitrogens is 3. The molecule has 0 saturated heterocycles. The number of carbonyl (C=O) groups is 1. The first-order valence-electron chi connectivity index (χ1n) is 6.67. The Balaban J connectivity index is 2.40. The van der Waals surface area contributed by atoms with Crippen molar-refractivity contribution in [2.24, 2.45) is 0 Å². The number of hydrogen-bond acceptors (Lipinski definition) is 5. The van der Waals surface area contributed by atoms with Crippen molar-refractivity contribution in [2.45, 2.75) is 19.9 Å². The molecule has 3 aromatic rings. The average molecular weight is 299 g/mol. The van der Waals surface area contributed by atoms with Gasteiger partial charge in [-0.3, -0.25) is 4.79 Å². The van der Waals surface area contributed by atoms with Gasteiger partial charge in [0, 0.05) is 5.56 Å². The summed E-state index contributed by atoms with van der Waals surface area (Å²) in [5.74, 6) is -1.14. The molecule has 0 spiro atoms. The summed E-state index contributed by atoms with van der Waals surface area (Å²) in [4.78, 5) is 23.7. The predicted molar refractivity (Wildman–Crippen MR) is 78.6 cm³/mol. The van der Waals surface area contributed by atoms with Crippen molar-refractivity contribution in [1.29, 1.82) is 0 Å². The first-order valence-corrected chi connectivity index (χ1v) is 6.67. The zero-order valence-electron chi connectivity index (χ0n) is 12.0. The molecule has 1 N–H and O–H groups in total. The molecule has 1 aromatic carbocycles. The van der Waals surface area contributed by atoms with Crippen LogP contribution in [0.4, 0.5) is 0 Å². The summed E-state index contributed by atoms with van der Waals surface area (Å²) in [6.45, 7) is 3.04. The van der Waals surface area contributed by atoms with Crippen molar-refractivity contribution in [3.05, 3.63) is 46.4 Å². The molecule has 2 aromatic heterocycles. The van der Waals surface area contributed by atoms with E-state index in [4.69, 9.17) is 4.52 Å². The van der Waals surface area contributed by atoms with Crippen LogP contribution in [0.1, 0.15) is 18.7 Å². The predicted octanol–water partition coefficient (Wildman–Crippen LogP) is 2.01. The molecule has 0 aliphatic rings. The molecule has 0 saturated carbocycles. The highest BCUT2D eigenvalue weighted by Gasteiger charge is 2.23. The lowest BCUT2D eigenvalue weighted by molar-refractivity contribution is -0.140. The summed E-state index contributed by atoms with van der Waals surface area (Å²) in [6.07, 6.45) is 0. The van der Waals surface area contributed by atoms with Crippen LogP contribution >= 0.6 is 0 Å². The molecule has 0 aliphatic heterocycles. The molecule has 1 atom stereocenters. The quantitative estimate of drug-likeness (QED) is 0.794. The molecule has 0 amide bonds. The smallest absolute Gasteiger partial charge is 0.328 e. The third-order valence-electron chi connectivity index (χ3n) is 3.48. The van der Waals surface area contributed by atoms with Crippen LogP contribution in [0.3, 0.4) is 0 Å². The summed E-state index contributed by atoms with van der Waals surface area (Å²) >= 11 is 0. The highest BCUT2D eigenvalue weighted by molar-refractivity contribution is 5.90. The van der Waals surface area contributed by atoms with Crippen molar-refractivity contribution in [1.82, 2.24) is 14.9 Å². The largest absolute Gasteiger partial charge is 0.480 e. The van der Waals surface area contributed by atoms with Gasteiger partial charge < -0.3 is 9.63 Å². The Morgan fingerprint density at radius 2 is 2.00 bits per heavy atom. The van der Waals surface area contributed by atoms with Crippen molar-refractivity contribution < 1.29 is 14.4 Å². The number of rotatable bonds is 3. The number of hydrogen-bond donors (Lipinski definition) is 1. The van der Waals surface area contributed by atoms with Gasteiger partial charge in [-0.05, 0) is 13.8 Å². The fourth-order valence-electron chi connectivity index (χ4n) is 2.25. The Labute approximate surface area is 124 Å². The maximum absolute atomic E-state index is 12.5. The zero-order valence-corrected chi connectivity index (χ0v) is 12.0. The third kappa shape index (κ3) is 2.07. The number of aliphatic carboxylic acids is 1. The molecule has 7 heteroatoms. The van der Waals surface area contributed by atoms with Gasteiger partial charge in [-0.1, -0.05) is 35.5 Å². The maximum Gasteiger partial charge on any atom is 0.328 e. The highest BCUT2D eigenvalue weighted by atomic mass is 16.5. The summed E-state index contributed by atoms with van der Waals surface area (Å²) < 4.78 is 6.19. The van der Waals surface area contributed by atoms with E-state index in [1.54, 1.807) is 19.1 Å². The summed E-state index contributed by atoms with van der Waals surface area (Å²) in [5.41, 5.74) is 1.26. The van der Waals surface area contributed by atoms with E-state index in [-0.39, 0.29) is 11.0 Å². The van der Waals surface area contributed by atoms with Gasteiger partial charge in [0.2, 0.25) is 5.58 Å². The molecule has 0 aliphatic carbocycles. The molecule has 7 nitrogen and oxygen atoms in total. The Morgan fingerprint density at radius 1 is 1.32 bits per heavy atom. The molecule has 0 bridgehead atoms. The van der Waals surface area contributed by atoms with Gasteiger partial charge in [0.15, 0.2) is 6.04 Å². The number of carboxylic acid groups (broad SMARTS) is 1. The second-order valence-corrected chi connectivity index (χ2v) is 4.95. The Morgan fingerprint density at radius 3 is 2.64 bits per heavy atom. The molecule has 3 rings (SSSR count). The van der Waals surface area contributed by atoms with E-state index >= 15 is 0 Å². The first kappa shape index (κ1) is 14.0. The molecule has 22 heavy (non-hydrogen) atoms. The van der Waals surface area contributed by atoms with Gasteiger partial charge in [0.25, 0.3) is 5.56 Å². The Hall–Kier alpha value is -2.96. The monoisotopic (exact) mass is 299 g/mol. The summed E-state index contributed by atoms with van der Waals surface area (Å²) in [7, 11) is 0. The number of aryl methyl sites for hydroxylation is 1. The minimum atomic E-state index is -1.14. The van der Waals surface area contributed by atoms with Crippen LogP contribution in [-0.4, -0.2) is 26.0 Å². The maximum atomic E-state index is 12.5. The van der Waals surface area contributed by atoms with E-state index < -0.39 is 17.6 Å². The van der Waals surface area contributed by atoms with Gasteiger partial charge in [-0.25, -0.2) is 9.48 Å². The average Bonchev–Trinajstić information content (AvgIpc) is 2.90. The van der Waals surface area contributed by atoms with Crippen molar-refractivity contribution >= 4 is 16.9 Å². The van der Waals surface area contributed by atoms with Crippen LogP contribution in [0, 0.1) is 6.92 Å². The lowest BCUT2D eigenvalue weighted by Crippen LogP contribution is -2.30. The van der Waals surface area contributed by atoms with Gasteiger partial charge in [-0.15, -0.1) is 0 Å². The van der Waals surface area contributed by atoms with E-state index in [0.29, 0.717) is 11.4 Å². The topological polar surface area (TPSA) is 98.2 Å². The molecule has 2 heterocycles. The minimum Gasteiger partial charge on any atom is -0.480 e. The normalized spacial score (nSPS) is 12.5. The number of benzene rings is 1. The second-order valence-electron chi connectivity index (χ2n) is 4.95. The van der Waals surface area contributed by atoms with Crippen LogP contribution in [0.2, 0.25) is 0 Å². The highest BCUT2D eigenvalue weighted by Crippen LogP contribution is 2.26. The fraction of sp³-hybridized carbons (Fsp3) is 0.200. The standard InChI is InChI=1S/C15H13N3O4/c1-8-11-13(22-17-8)12(10-6-4-3-5-7-10)16-18(14(11)19)9(2)15(20)21/h3-7,9H,1-2H3,(H,20,21). The van der Waals surface area contributed by atoms with E-state index in [1.165, 1.54) is 6.92 Å². The van der Waals surface area contributed by atoms with E-state index in [0.717, 1.165) is 10.2 Å². The third-order valence-corrected chi connectivity index (χ3v) is 3.48. The van der Waals surface area contributed by atoms with Crippen molar-refractivity contribution in [3.63, 3.8) is 0 Å². The van der Waals surface area contributed by atoms with E-state index in [1.807, 2.05) is 18.2 Å². The fourth-order valence-corrected chi connectivity index (χ4v) is 2.25. The molecule has 0 radical (unpaired) electrons. The lowest BCUT2D eigenvalue weighted by Gasteiger charge is -2.11. The van der Waals surface area contributed by atoms with E-state index in [2.05, 4.69) is 10.3 Å². The number of nitrogens with zero attached hydrogens (tertiary/aromatic N) is 3. The van der Waals surface area contributed by atoms with Crippen molar-refractivity contribution in [2.75, 3.05) is 0 Å². The van der Waals surface area contributed by atoms with Gasteiger partial charge >= 0.3 is 5.97 Å². The zero-order chi connectivity index (χ0) is 15.9. The SMILES string of the molecule is Cc1noc2c(-c3ccccc3)nn(C(C)C(=O)O)c(=O)c12. The number of fused-ring (bicyclic) bond motifs is 1. The molecule has 112 valence electrons. The lowest BCUT2D eigenvalue weighted by atomic mass is 10.1. The van der Waals surface area contributed by atoms with Crippen LogP contribution in [0.5, 0.6) is 0 Å². The second kappa shape index (κ2) is 5.10. The first-order chi connectivity index (χ1) is 10.5. The van der Waals surface area contributed by atoms with Crippen LogP contribution in [-0.2, 0) is 4.79 Å². The minimum absolute atomic E-state index is 0.252. The summed E-state index contributed by atoms with van der Waals surface area (Å²) in [5, 5.41) is 17.4. The van der Waals surface area contributed by atoms with Crippen LogP contribution in [0.15, 0.2) is 39.6 Å². The number of carboxylic acids is 1. The van der Waals surface area contributed by atoms with Gasteiger partial charge in [0.1, 0.15) is 11.1 Å². The Bertz CT molecular complexity index is 912. The van der Waals surface area contributed by atoms with E-state index in [9.17, 15) is 14.7 Å². The van der Waals surface area contributed by atoms with Crippen molar-refractivity contribution in [3.8, 4) is 11.3 Å². The summed E-state index contributed by atoms with van der Waals surface area (Å²) in [6, 6.07) is 8.01. The molecular weight excluding hydrogens is 286 g/mol. The van der Waals surface area contributed by atoms with Crippen LogP contribution < -0.4 is 5.56 Å². The molecule has 1 unspecified atom stereocenters. The Kier molecular flexibility index (Phi) is 3.25. The van der Waals surface area contributed by atoms with Gasteiger partial charge in [0.05, 0.1) is 5.69 Å². The molecular formula is C15H13N3O4. The molecule has 0 fully saturated rings. The van der Waals surface area contributed by atoms with Gasteiger partial charge in [-0.2, -0.15) is 5.10 Å².